The number of rotatable bonds is 5. The monoisotopic (exact) mass is 318 g/mol. The Morgan fingerprint density at radius 2 is 1.79 bits per heavy atom. The molecule has 0 aliphatic heterocycles. The largest absolute Gasteiger partial charge is 0.483 e. The number of hydrogen-bond donors (Lipinski definition) is 1. The van der Waals surface area contributed by atoms with Gasteiger partial charge in [0, 0.05) is 5.39 Å². The fourth-order valence-electron chi connectivity index (χ4n) is 2.40. The predicted octanol–water partition coefficient (Wildman–Crippen LogP) is 3.68. The maximum Gasteiger partial charge on any atom is 0.277 e. The van der Waals surface area contributed by atoms with Gasteiger partial charge in [-0.25, -0.2) is 5.43 Å². The number of hydrogen-bond acceptors (Lipinski definition) is 3. The van der Waals surface area contributed by atoms with Crippen LogP contribution < -0.4 is 10.2 Å². The van der Waals surface area contributed by atoms with Gasteiger partial charge in [0.05, 0.1) is 6.21 Å². The van der Waals surface area contributed by atoms with Crippen molar-refractivity contribution in [2.75, 3.05) is 6.61 Å². The van der Waals surface area contributed by atoms with E-state index in [-0.39, 0.29) is 12.5 Å². The Hall–Kier alpha value is -3.14. The first-order valence-corrected chi connectivity index (χ1v) is 7.72. The highest BCUT2D eigenvalue weighted by molar-refractivity contribution is 5.89. The van der Waals surface area contributed by atoms with E-state index in [2.05, 4.69) is 10.5 Å². The van der Waals surface area contributed by atoms with Gasteiger partial charge in [-0.05, 0) is 29.5 Å². The summed E-state index contributed by atoms with van der Waals surface area (Å²) in [6.07, 6.45) is 1.63. The lowest BCUT2D eigenvalue weighted by Gasteiger charge is -2.08. The van der Waals surface area contributed by atoms with Crippen LogP contribution in [-0.4, -0.2) is 18.7 Å². The summed E-state index contributed by atoms with van der Waals surface area (Å²) in [5, 5.41) is 6.03. The van der Waals surface area contributed by atoms with Crippen LogP contribution in [0.1, 0.15) is 11.1 Å². The van der Waals surface area contributed by atoms with Gasteiger partial charge in [0.1, 0.15) is 5.75 Å². The highest BCUT2D eigenvalue weighted by atomic mass is 16.5. The lowest BCUT2D eigenvalue weighted by molar-refractivity contribution is -0.123. The molecule has 3 rings (SSSR count). The van der Waals surface area contributed by atoms with E-state index in [9.17, 15) is 4.79 Å². The Balaban J connectivity index is 1.58. The highest BCUT2D eigenvalue weighted by Crippen LogP contribution is 2.24. The second kappa shape index (κ2) is 7.42. The molecular formula is C20H18N2O2. The summed E-state index contributed by atoms with van der Waals surface area (Å²) in [5.41, 5.74) is 4.55. The minimum Gasteiger partial charge on any atom is -0.483 e. The first-order chi connectivity index (χ1) is 11.7. The van der Waals surface area contributed by atoms with E-state index < -0.39 is 0 Å². The van der Waals surface area contributed by atoms with Crippen molar-refractivity contribution >= 4 is 22.9 Å². The number of ether oxygens (including phenoxy) is 1. The normalized spacial score (nSPS) is 10.9. The van der Waals surface area contributed by atoms with Gasteiger partial charge < -0.3 is 4.74 Å². The molecule has 1 amide bonds. The van der Waals surface area contributed by atoms with Crippen molar-refractivity contribution in [2.24, 2.45) is 5.10 Å². The second-order valence-corrected chi connectivity index (χ2v) is 5.42. The molecule has 3 aromatic rings. The van der Waals surface area contributed by atoms with E-state index in [0.717, 1.165) is 21.9 Å². The Kier molecular flexibility index (Phi) is 4.87. The topological polar surface area (TPSA) is 50.7 Å². The molecule has 3 aromatic carbocycles. The minimum absolute atomic E-state index is 0.0842. The summed E-state index contributed by atoms with van der Waals surface area (Å²) in [7, 11) is 0. The van der Waals surface area contributed by atoms with Gasteiger partial charge >= 0.3 is 0 Å². The third-order valence-electron chi connectivity index (χ3n) is 3.69. The fourth-order valence-corrected chi connectivity index (χ4v) is 2.40. The number of hydrazone groups is 1. The van der Waals surface area contributed by atoms with E-state index in [1.165, 1.54) is 0 Å². The molecule has 120 valence electrons. The van der Waals surface area contributed by atoms with Crippen LogP contribution in [0.5, 0.6) is 5.75 Å². The van der Waals surface area contributed by atoms with Crippen LogP contribution in [0.3, 0.4) is 0 Å². The summed E-state index contributed by atoms with van der Waals surface area (Å²) < 4.78 is 5.62. The van der Waals surface area contributed by atoms with Crippen LogP contribution in [0.15, 0.2) is 71.8 Å². The van der Waals surface area contributed by atoms with Crippen molar-refractivity contribution in [3.8, 4) is 5.75 Å². The molecule has 0 aromatic heterocycles. The first kappa shape index (κ1) is 15.7. The molecule has 0 aliphatic rings. The third-order valence-corrected chi connectivity index (χ3v) is 3.69. The summed E-state index contributed by atoms with van der Waals surface area (Å²) in [4.78, 5) is 11.9. The average molecular weight is 318 g/mol. The van der Waals surface area contributed by atoms with Crippen LogP contribution in [0, 0.1) is 6.92 Å². The van der Waals surface area contributed by atoms with Crippen molar-refractivity contribution in [3.63, 3.8) is 0 Å². The molecular weight excluding hydrogens is 300 g/mol. The standard InChI is InChI=1S/C20H18N2O2/c1-15-7-2-3-9-17(15)13-21-22-20(23)14-24-19-12-6-10-16-8-4-5-11-18(16)19/h2-13H,14H2,1H3,(H,22,23). The van der Waals surface area contributed by atoms with Gasteiger partial charge in [-0.1, -0.05) is 60.7 Å². The van der Waals surface area contributed by atoms with Gasteiger partial charge in [-0.3, -0.25) is 4.79 Å². The lowest BCUT2D eigenvalue weighted by atomic mass is 10.1. The van der Waals surface area contributed by atoms with Gasteiger partial charge in [0.25, 0.3) is 5.91 Å². The van der Waals surface area contributed by atoms with Crippen molar-refractivity contribution in [1.29, 1.82) is 0 Å². The quantitative estimate of drug-likeness (QED) is 0.576. The summed E-state index contributed by atoms with van der Waals surface area (Å²) in [5.74, 6) is 0.388. The van der Waals surface area contributed by atoms with E-state index in [4.69, 9.17) is 4.74 Å². The molecule has 0 radical (unpaired) electrons. The maximum absolute atomic E-state index is 11.9. The number of nitrogens with one attached hydrogen (secondary N) is 1. The number of carbonyl (C=O) groups excluding carboxylic acids is 1. The van der Waals surface area contributed by atoms with Crippen LogP contribution in [-0.2, 0) is 4.79 Å². The van der Waals surface area contributed by atoms with Crippen molar-refractivity contribution < 1.29 is 9.53 Å². The highest BCUT2D eigenvalue weighted by Gasteiger charge is 2.04. The number of carbonyl (C=O) groups is 1. The molecule has 0 bridgehead atoms. The zero-order chi connectivity index (χ0) is 16.8. The molecule has 0 spiro atoms. The molecule has 0 aliphatic carbocycles. The molecule has 1 N–H and O–H groups in total. The van der Waals surface area contributed by atoms with Crippen molar-refractivity contribution in [2.45, 2.75) is 6.92 Å². The zero-order valence-corrected chi connectivity index (χ0v) is 13.4. The predicted molar refractivity (Wildman–Crippen MR) is 96.4 cm³/mol. The smallest absolute Gasteiger partial charge is 0.277 e. The van der Waals surface area contributed by atoms with E-state index in [1.54, 1.807) is 6.21 Å². The molecule has 0 saturated heterocycles. The summed E-state index contributed by atoms with van der Waals surface area (Å²) in [6.45, 7) is 1.91. The molecule has 4 heteroatoms. The average Bonchev–Trinajstić information content (AvgIpc) is 2.61. The number of benzene rings is 3. The molecule has 0 atom stereocenters. The molecule has 0 saturated carbocycles. The number of amides is 1. The van der Waals surface area contributed by atoms with Gasteiger partial charge in [-0.2, -0.15) is 5.10 Å². The Labute approximate surface area is 140 Å². The molecule has 4 nitrogen and oxygen atoms in total. The molecule has 0 unspecified atom stereocenters. The number of aryl methyl sites for hydroxylation is 1. The number of fused-ring (bicyclic) bond motifs is 1. The van der Waals surface area contributed by atoms with Crippen LogP contribution in [0.4, 0.5) is 0 Å². The van der Waals surface area contributed by atoms with Gasteiger partial charge in [0.2, 0.25) is 0 Å². The Bertz CT molecular complexity index is 882. The minimum atomic E-state index is -0.298. The van der Waals surface area contributed by atoms with Gasteiger partial charge in [0.15, 0.2) is 6.61 Å². The number of nitrogens with zero attached hydrogens (tertiary/aromatic N) is 1. The third kappa shape index (κ3) is 3.79. The van der Waals surface area contributed by atoms with Gasteiger partial charge in [-0.15, -0.1) is 0 Å². The Morgan fingerprint density at radius 3 is 2.67 bits per heavy atom. The van der Waals surface area contributed by atoms with E-state index in [0.29, 0.717) is 5.75 Å². The van der Waals surface area contributed by atoms with E-state index >= 15 is 0 Å². The van der Waals surface area contributed by atoms with Crippen LogP contribution >= 0.6 is 0 Å². The maximum atomic E-state index is 11.9. The van der Waals surface area contributed by atoms with Crippen molar-refractivity contribution in [1.82, 2.24) is 5.43 Å². The van der Waals surface area contributed by atoms with E-state index in [1.807, 2.05) is 73.7 Å². The zero-order valence-electron chi connectivity index (χ0n) is 13.4. The fraction of sp³-hybridized carbons (Fsp3) is 0.100. The molecule has 24 heavy (non-hydrogen) atoms. The molecule has 0 heterocycles. The second-order valence-electron chi connectivity index (χ2n) is 5.42. The van der Waals surface area contributed by atoms with Crippen molar-refractivity contribution in [3.05, 3.63) is 77.9 Å². The summed E-state index contributed by atoms with van der Waals surface area (Å²) in [6, 6.07) is 21.5. The Morgan fingerprint density at radius 1 is 1.04 bits per heavy atom. The SMILES string of the molecule is Cc1ccccc1C=NNC(=O)COc1cccc2ccccc12. The summed E-state index contributed by atoms with van der Waals surface area (Å²) >= 11 is 0. The first-order valence-electron chi connectivity index (χ1n) is 7.72. The lowest BCUT2D eigenvalue weighted by Crippen LogP contribution is -2.24. The van der Waals surface area contributed by atoms with Crippen LogP contribution in [0.2, 0.25) is 0 Å². The van der Waals surface area contributed by atoms with Crippen LogP contribution in [0.25, 0.3) is 10.8 Å². The molecule has 0 fully saturated rings.